The predicted molar refractivity (Wildman–Crippen MR) is 111 cm³/mol. The molecule has 1 aliphatic rings. The van der Waals surface area contributed by atoms with Gasteiger partial charge in [0.2, 0.25) is 0 Å². The van der Waals surface area contributed by atoms with E-state index in [1.54, 1.807) is 18.2 Å². The molecule has 1 saturated heterocycles. The van der Waals surface area contributed by atoms with Crippen LogP contribution in [0.25, 0.3) is 0 Å². The Morgan fingerprint density at radius 3 is 2.96 bits per heavy atom. The van der Waals surface area contributed by atoms with Crippen LogP contribution in [0.3, 0.4) is 0 Å². The molecule has 0 amide bonds. The fourth-order valence-corrected chi connectivity index (χ4v) is 3.76. The zero-order valence-electron chi connectivity index (χ0n) is 15.5. The summed E-state index contributed by atoms with van der Waals surface area (Å²) in [6.07, 6.45) is 6.26. The topological polar surface area (TPSA) is 53.6 Å². The van der Waals surface area contributed by atoms with Gasteiger partial charge in [-0.2, -0.15) is 0 Å². The Balaban J connectivity index is 1.76. The first-order valence-electron chi connectivity index (χ1n) is 9.22. The second kappa shape index (κ2) is 10.7. The van der Waals surface area contributed by atoms with Crippen LogP contribution in [-0.2, 0) is 4.74 Å². The molecule has 1 aromatic rings. The SMILES string of the molecule is CCC1CCCCN1CCCNC(=S)Nc1ccc(Cl)c(C(=O)OC)c1. The van der Waals surface area contributed by atoms with Crippen LogP contribution in [0.2, 0.25) is 5.02 Å². The summed E-state index contributed by atoms with van der Waals surface area (Å²) in [6.45, 7) is 5.40. The zero-order chi connectivity index (χ0) is 18.9. The molecule has 1 heterocycles. The van der Waals surface area contributed by atoms with Crippen molar-refractivity contribution < 1.29 is 9.53 Å². The van der Waals surface area contributed by atoms with Crippen molar-refractivity contribution in [3.63, 3.8) is 0 Å². The summed E-state index contributed by atoms with van der Waals surface area (Å²) in [5.74, 6) is -0.468. The summed E-state index contributed by atoms with van der Waals surface area (Å²) in [5.41, 5.74) is 1.02. The zero-order valence-corrected chi connectivity index (χ0v) is 17.1. The maximum absolute atomic E-state index is 11.7. The van der Waals surface area contributed by atoms with E-state index in [0.717, 1.165) is 25.6 Å². The molecule has 1 unspecified atom stereocenters. The second-order valence-electron chi connectivity index (χ2n) is 6.51. The summed E-state index contributed by atoms with van der Waals surface area (Å²) in [7, 11) is 1.33. The van der Waals surface area contributed by atoms with E-state index in [0.29, 0.717) is 21.4 Å². The van der Waals surface area contributed by atoms with Gasteiger partial charge in [0.15, 0.2) is 5.11 Å². The Morgan fingerprint density at radius 1 is 1.42 bits per heavy atom. The lowest BCUT2D eigenvalue weighted by Crippen LogP contribution is -2.40. The van der Waals surface area contributed by atoms with Gasteiger partial charge in [0.25, 0.3) is 0 Å². The Kier molecular flexibility index (Phi) is 8.62. The molecule has 2 rings (SSSR count). The number of rotatable bonds is 7. The first-order valence-corrected chi connectivity index (χ1v) is 10.0. The Bertz CT molecular complexity index is 627. The van der Waals surface area contributed by atoms with Crippen molar-refractivity contribution in [1.29, 1.82) is 0 Å². The van der Waals surface area contributed by atoms with Gasteiger partial charge in [0.05, 0.1) is 17.7 Å². The number of piperidine rings is 1. The molecule has 0 saturated carbocycles. The molecule has 5 nitrogen and oxygen atoms in total. The fraction of sp³-hybridized carbons (Fsp3) is 0.579. The van der Waals surface area contributed by atoms with Gasteiger partial charge in [0.1, 0.15) is 0 Å². The summed E-state index contributed by atoms with van der Waals surface area (Å²) >= 11 is 11.4. The molecule has 7 heteroatoms. The molecule has 26 heavy (non-hydrogen) atoms. The Labute approximate surface area is 166 Å². The van der Waals surface area contributed by atoms with Crippen LogP contribution in [-0.4, -0.2) is 48.8 Å². The standard InChI is InChI=1S/C19H28ClN3O2S/c1-3-15-7-4-5-11-23(15)12-6-10-21-19(26)22-14-8-9-17(20)16(13-14)18(24)25-2/h8-9,13,15H,3-7,10-12H2,1-2H3,(H2,21,22,26). The van der Waals surface area contributed by atoms with Gasteiger partial charge in [-0.1, -0.05) is 24.9 Å². The van der Waals surface area contributed by atoms with Gasteiger partial charge >= 0.3 is 5.97 Å². The van der Waals surface area contributed by atoms with Crippen LogP contribution in [0.4, 0.5) is 5.69 Å². The lowest BCUT2D eigenvalue weighted by Gasteiger charge is -2.35. The van der Waals surface area contributed by atoms with Crippen LogP contribution in [0.5, 0.6) is 0 Å². The minimum absolute atomic E-state index is 0.317. The van der Waals surface area contributed by atoms with E-state index in [1.807, 2.05) is 0 Å². The number of hydrogen-bond donors (Lipinski definition) is 2. The molecule has 1 fully saturated rings. The second-order valence-corrected chi connectivity index (χ2v) is 7.33. The number of likely N-dealkylation sites (tertiary alicyclic amines) is 1. The van der Waals surface area contributed by atoms with E-state index in [1.165, 1.54) is 39.3 Å². The lowest BCUT2D eigenvalue weighted by molar-refractivity contribution is 0.0601. The molecule has 0 bridgehead atoms. The van der Waals surface area contributed by atoms with E-state index < -0.39 is 5.97 Å². The highest BCUT2D eigenvalue weighted by Gasteiger charge is 2.19. The van der Waals surface area contributed by atoms with E-state index >= 15 is 0 Å². The van der Waals surface area contributed by atoms with Crippen molar-refractivity contribution in [2.45, 2.75) is 45.1 Å². The number of methoxy groups -OCH3 is 1. The molecule has 2 N–H and O–H groups in total. The number of nitrogens with zero attached hydrogens (tertiary/aromatic N) is 1. The van der Waals surface area contributed by atoms with Gasteiger partial charge in [-0.25, -0.2) is 4.79 Å². The average molecular weight is 398 g/mol. The molecule has 1 atom stereocenters. The third-order valence-corrected chi connectivity index (χ3v) is 5.33. The molecular formula is C19H28ClN3O2S. The van der Waals surface area contributed by atoms with Crippen LogP contribution in [0, 0.1) is 0 Å². The predicted octanol–water partition coefficient (Wildman–Crippen LogP) is 4.07. The maximum Gasteiger partial charge on any atom is 0.339 e. The number of anilines is 1. The van der Waals surface area contributed by atoms with Gasteiger partial charge in [0, 0.05) is 24.8 Å². The summed E-state index contributed by atoms with van der Waals surface area (Å²) in [4.78, 5) is 14.3. The number of hydrogen-bond acceptors (Lipinski definition) is 4. The van der Waals surface area contributed by atoms with Crippen molar-refractivity contribution in [2.75, 3.05) is 32.1 Å². The molecule has 0 spiro atoms. The van der Waals surface area contributed by atoms with E-state index in [4.69, 9.17) is 28.6 Å². The van der Waals surface area contributed by atoms with Crippen LogP contribution in [0.1, 0.15) is 49.4 Å². The summed E-state index contributed by atoms with van der Waals surface area (Å²) < 4.78 is 4.73. The molecule has 1 aliphatic heterocycles. The average Bonchev–Trinajstić information content (AvgIpc) is 2.66. The molecular weight excluding hydrogens is 370 g/mol. The van der Waals surface area contributed by atoms with Crippen molar-refractivity contribution in [3.8, 4) is 0 Å². The molecule has 0 aromatic heterocycles. The molecule has 0 radical (unpaired) electrons. The highest BCUT2D eigenvalue weighted by Crippen LogP contribution is 2.21. The number of carbonyl (C=O) groups is 1. The third kappa shape index (κ3) is 6.11. The van der Waals surface area contributed by atoms with Gasteiger partial charge < -0.3 is 20.3 Å². The minimum atomic E-state index is -0.468. The highest BCUT2D eigenvalue weighted by atomic mass is 35.5. The number of halogens is 1. The Hall–Kier alpha value is -1.37. The molecule has 144 valence electrons. The minimum Gasteiger partial charge on any atom is -0.465 e. The maximum atomic E-state index is 11.7. The molecule has 0 aliphatic carbocycles. The summed E-state index contributed by atoms with van der Waals surface area (Å²) in [6, 6.07) is 5.81. The van der Waals surface area contributed by atoms with E-state index in [9.17, 15) is 4.79 Å². The van der Waals surface area contributed by atoms with Crippen molar-refractivity contribution >= 4 is 40.6 Å². The monoisotopic (exact) mass is 397 g/mol. The number of carbonyl (C=O) groups excluding carboxylic acids is 1. The fourth-order valence-electron chi connectivity index (χ4n) is 3.35. The van der Waals surface area contributed by atoms with Crippen LogP contribution in [0.15, 0.2) is 18.2 Å². The van der Waals surface area contributed by atoms with Crippen molar-refractivity contribution in [3.05, 3.63) is 28.8 Å². The number of esters is 1. The van der Waals surface area contributed by atoms with E-state index in [-0.39, 0.29) is 0 Å². The number of benzene rings is 1. The Morgan fingerprint density at radius 2 is 2.23 bits per heavy atom. The van der Waals surface area contributed by atoms with Crippen molar-refractivity contribution in [1.82, 2.24) is 10.2 Å². The van der Waals surface area contributed by atoms with Gasteiger partial charge in [-0.3, -0.25) is 0 Å². The number of nitrogens with one attached hydrogen (secondary N) is 2. The van der Waals surface area contributed by atoms with Crippen LogP contribution >= 0.6 is 23.8 Å². The smallest absolute Gasteiger partial charge is 0.339 e. The third-order valence-electron chi connectivity index (χ3n) is 4.76. The largest absolute Gasteiger partial charge is 0.465 e. The summed E-state index contributed by atoms with van der Waals surface area (Å²) in [5, 5.41) is 7.20. The van der Waals surface area contributed by atoms with Gasteiger partial charge in [-0.15, -0.1) is 0 Å². The van der Waals surface area contributed by atoms with Crippen molar-refractivity contribution in [2.24, 2.45) is 0 Å². The quantitative estimate of drug-likeness (QED) is 0.411. The lowest BCUT2D eigenvalue weighted by atomic mass is 10.00. The van der Waals surface area contributed by atoms with Gasteiger partial charge in [-0.05, 0) is 62.6 Å². The first-order chi connectivity index (χ1) is 12.5. The molecule has 1 aromatic carbocycles. The van der Waals surface area contributed by atoms with E-state index in [2.05, 4.69) is 22.5 Å². The highest BCUT2D eigenvalue weighted by molar-refractivity contribution is 7.80. The number of ether oxygens (including phenoxy) is 1. The first kappa shape index (κ1) is 20.9. The normalized spacial score (nSPS) is 17.6. The van der Waals surface area contributed by atoms with Crippen LogP contribution < -0.4 is 10.6 Å². The number of thiocarbonyl (C=S) groups is 1.